The van der Waals surface area contributed by atoms with E-state index in [-0.39, 0.29) is 4.92 Å². The van der Waals surface area contributed by atoms with Crippen molar-refractivity contribution in [2.24, 2.45) is 0 Å². The molecule has 0 N–H and O–H groups in total. The molecule has 0 spiro atoms. The van der Waals surface area contributed by atoms with Gasteiger partial charge < -0.3 is 0 Å². The summed E-state index contributed by atoms with van der Waals surface area (Å²) in [5.41, 5.74) is 1.47. The van der Waals surface area contributed by atoms with E-state index in [2.05, 4.69) is 13.8 Å². The first-order chi connectivity index (χ1) is 6.17. The zero-order valence-electron chi connectivity index (χ0n) is 8.80. The molecule has 0 aliphatic carbocycles. The van der Waals surface area contributed by atoms with Crippen molar-refractivity contribution in [3.8, 4) is 0 Å². The predicted octanol–water partition coefficient (Wildman–Crippen LogP) is 3.53. The lowest BCUT2D eigenvalue weighted by Crippen LogP contribution is -2.02. The van der Waals surface area contributed by atoms with Crippen LogP contribution in [0.25, 0.3) is 0 Å². The Balaban J connectivity index is 4.65. The summed E-state index contributed by atoms with van der Waals surface area (Å²) in [4.78, 5) is 10.4. The maximum Gasteiger partial charge on any atom is 0.245 e. The predicted molar refractivity (Wildman–Crippen MR) is 54.1 cm³/mol. The second-order valence-corrected chi connectivity index (χ2v) is 3.16. The Hall–Kier alpha value is -0.860. The van der Waals surface area contributed by atoms with Crippen LogP contribution in [0, 0.1) is 10.1 Å². The van der Waals surface area contributed by atoms with Gasteiger partial charge in [0.25, 0.3) is 0 Å². The van der Waals surface area contributed by atoms with Crippen LogP contribution in [-0.4, -0.2) is 4.92 Å². The maximum absolute atomic E-state index is 10.7. The van der Waals surface area contributed by atoms with Gasteiger partial charge in [0.15, 0.2) is 0 Å². The van der Waals surface area contributed by atoms with Gasteiger partial charge in [0.2, 0.25) is 5.70 Å². The van der Waals surface area contributed by atoms with Gasteiger partial charge in [0, 0.05) is 12.0 Å². The minimum atomic E-state index is -0.222. The van der Waals surface area contributed by atoms with Crippen molar-refractivity contribution in [3.05, 3.63) is 21.4 Å². The number of nitro groups is 1. The molecular formula is C10H19NO2. The SMILES string of the molecule is CCCC(CCC)=C(CC)[N+](=O)[O-]. The van der Waals surface area contributed by atoms with Crippen LogP contribution in [0.5, 0.6) is 0 Å². The number of rotatable bonds is 6. The number of allylic oxidation sites excluding steroid dienone is 2. The fourth-order valence-electron chi connectivity index (χ4n) is 1.53. The molecular weight excluding hydrogens is 166 g/mol. The van der Waals surface area contributed by atoms with Gasteiger partial charge in [-0.25, -0.2) is 0 Å². The number of hydrogen-bond donors (Lipinski definition) is 0. The molecule has 0 aliphatic rings. The van der Waals surface area contributed by atoms with Crippen molar-refractivity contribution in [2.75, 3.05) is 0 Å². The average molecular weight is 185 g/mol. The summed E-state index contributed by atoms with van der Waals surface area (Å²) in [6.07, 6.45) is 4.28. The largest absolute Gasteiger partial charge is 0.259 e. The molecule has 3 heteroatoms. The highest BCUT2D eigenvalue weighted by Crippen LogP contribution is 2.19. The Labute approximate surface area is 80.0 Å². The summed E-state index contributed by atoms with van der Waals surface area (Å²) in [6.45, 7) is 5.97. The average Bonchev–Trinajstić information content (AvgIpc) is 2.05. The van der Waals surface area contributed by atoms with E-state index in [0.717, 1.165) is 31.3 Å². The quantitative estimate of drug-likeness (QED) is 0.469. The van der Waals surface area contributed by atoms with Crippen LogP contribution in [0.15, 0.2) is 11.3 Å². The first-order valence-electron chi connectivity index (χ1n) is 5.02. The van der Waals surface area contributed by atoms with Crippen molar-refractivity contribution in [2.45, 2.75) is 52.9 Å². The monoisotopic (exact) mass is 185 g/mol. The van der Waals surface area contributed by atoms with Crippen LogP contribution in [0.2, 0.25) is 0 Å². The molecule has 0 bridgehead atoms. The van der Waals surface area contributed by atoms with Gasteiger partial charge in [-0.1, -0.05) is 33.6 Å². The molecule has 3 nitrogen and oxygen atoms in total. The van der Waals surface area contributed by atoms with Crippen LogP contribution in [0.1, 0.15) is 52.9 Å². The molecule has 0 amide bonds. The van der Waals surface area contributed by atoms with Crippen molar-refractivity contribution >= 4 is 0 Å². The van der Waals surface area contributed by atoms with Crippen molar-refractivity contribution in [3.63, 3.8) is 0 Å². The van der Waals surface area contributed by atoms with Crippen LogP contribution in [0.3, 0.4) is 0 Å². The van der Waals surface area contributed by atoms with Gasteiger partial charge >= 0.3 is 0 Å². The Kier molecular flexibility index (Phi) is 6.20. The highest BCUT2D eigenvalue weighted by Gasteiger charge is 2.14. The third kappa shape index (κ3) is 4.06. The standard InChI is InChI=1S/C10H19NO2/c1-4-7-9(8-5-2)10(6-3)11(12)13/h4-8H2,1-3H3. The molecule has 0 saturated carbocycles. The van der Waals surface area contributed by atoms with Gasteiger partial charge in [0.1, 0.15) is 0 Å². The molecule has 0 heterocycles. The first kappa shape index (κ1) is 12.1. The molecule has 0 rings (SSSR count). The van der Waals surface area contributed by atoms with E-state index in [9.17, 15) is 10.1 Å². The lowest BCUT2D eigenvalue weighted by molar-refractivity contribution is -0.429. The molecule has 76 valence electrons. The molecule has 0 radical (unpaired) electrons. The van der Waals surface area contributed by atoms with Gasteiger partial charge in [-0.2, -0.15) is 0 Å². The zero-order valence-corrected chi connectivity index (χ0v) is 8.80. The summed E-state index contributed by atoms with van der Waals surface area (Å²) in [7, 11) is 0. The van der Waals surface area contributed by atoms with Crippen molar-refractivity contribution in [1.29, 1.82) is 0 Å². The van der Waals surface area contributed by atoms with Gasteiger partial charge in [-0.05, 0) is 12.8 Å². The first-order valence-corrected chi connectivity index (χ1v) is 5.02. The highest BCUT2D eigenvalue weighted by atomic mass is 16.6. The molecule has 0 fully saturated rings. The van der Waals surface area contributed by atoms with Gasteiger partial charge in [0.05, 0.1) is 4.92 Å². The number of hydrogen-bond acceptors (Lipinski definition) is 2. The summed E-state index contributed by atoms with van der Waals surface area (Å²) >= 11 is 0. The Morgan fingerprint density at radius 1 is 1.15 bits per heavy atom. The fourth-order valence-corrected chi connectivity index (χ4v) is 1.53. The molecule has 0 atom stereocenters. The van der Waals surface area contributed by atoms with E-state index < -0.39 is 0 Å². The van der Waals surface area contributed by atoms with Gasteiger partial charge in [-0.15, -0.1) is 0 Å². The van der Waals surface area contributed by atoms with Crippen LogP contribution in [0.4, 0.5) is 0 Å². The molecule has 0 aromatic carbocycles. The Bertz CT molecular complexity index is 189. The molecule has 13 heavy (non-hydrogen) atoms. The molecule has 0 saturated heterocycles. The summed E-state index contributed by atoms with van der Waals surface area (Å²) in [5, 5.41) is 10.7. The zero-order chi connectivity index (χ0) is 10.3. The van der Waals surface area contributed by atoms with E-state index >= 15 is 0 Å². The van der Waals surface area contributed by atoms with Crippen molar-refractivity contribution in [1.82, 2.24) is 0 Å². The van der Waals surface area contributed by atoms with E-state index in [1.807, 2.05) is 6.92 Å². The minimum absolute atomic E-state index is 0.222. The third-order valence-electron chi connectivity index (χ3n) is 2.07. The Morgan fingerprint density at radius 2 is 1.62 bits per heavy atom. The van der Waals surface area contributed by atoms with Crippen LogP contribution >= 0.6 is 0 Å². The van der Waals surface area contributed by atoms with Crippen molar-refractivity contribution < 1.29 is 4.92 Å². The fraction of sp³-hybridized carbons (Fsp3) is 0.800. The van der Waals surface area contributed by atoms with Crippen LogP contribution < -0.4 is 0 Å². The molecule has 0 aromatic heterocycles. The summed E-state index contributed by atoms with van der Waals surface area (Å²) < 4.78 is 0. The van der Waals surface area contributed by atoms with E-state index in [1.165, 1.54) is 0 Å². The smallest absolute Gasteiger partial charge is 0.245 e. The molecule has 0 unspecified atom stereocenters. The number of nitrogens with zero attached hydrogens (tertiary/aromatic N) is 1. The summed E-state index contributed by atoms with van der Waals surface area (Å²) in [6, 6.07) is 0. The second kappa shape index (κ2) is 6.63. The second-order valence-electron chi connectivity index (χ2n) is 3.16. The van der Waals surface area contributed by atoms with Crippen LogP contribution in [-0.2, 0) is 0 Å². The minimum Gasteiger partial charge on any atom is -0.259 e. The van der Waals surface area contributed by atoms with E-state index in [0.29, 0.717) is 12.1 Å². The topological polar surface area (TPSA) is 43.1 Å². The maximum atomic E-state index is 10.7. The third-order valence-corrected chi connectivity index (χ3v) is 2.07. The lowest BCUT2D eigenvalue weighted by atomic mass is 10.0. The van der Waals surface area contributed by atoms with E-state index in [1.54, 1.807) is 0 Å². The highest BCUT2D eigenvalue weighted by molar-refractivity contribution is 5.07. The summed E-state index contributed by atoms with van der Waals surface area (Å²) in [5.74, 6) is 0. The Morgan fingerprint density at radius 3 is 1.85 bits per heavy atom. The van der Waals surface area contributed by atoms with E-state index in [4.69, 9.17) is 0 Å². The lowest BCUT2D eigenvalue weighted by Gasteiger charge is -2.05. The molecule has 0 aliphatic heterocycles. The van der Waals surface area contributed by atoms with Gasteiger partial charge in [-0.3, -0.25) is 10.1 Å². The molecule has 0 aromatic rings. The normalized spacial score (nSPS) is 9.77.